The standard InChI is InChI=1S/C15H24N2O3/c1-10-7-5-6-8-15(10)12(19)17(13(20)16-15)9-11(18)14(2,3)4/h10H,5-9H2,1-4H3,(H,16,20)/t10-,15+/m0/s1. The molecule has 112 valence electrons. The van der Waals surface area contributed by atoms with Crippen LogP contribution in [0, 0.1) is 11.3 Å². The minimum atomic E-state index is -0.770. The summed E-state index contributed by atoms with van der Waals surface area (Å²) in [7, 11) is 0. The smallest absolute Gasteiger partial charge is 0.323 e. The second-order valence-electron chi connectivity index (χ2n) is 7.11. The summed E-state index contributed by atoms with van der Waals surface area (Å²) in [6.45, 7) is 7.28. The van der Waals surface area contributed by atoms with Gasteiger partial charge in [-0.1, -0.05) is 40.5 Å². The molecule has 20 heavy (non-hydrogen) atoms. The topological polar surface area (TPSA) is 66.5 Å². The van der Waals surface area contributed by atoms with Gasteiger partial charge < -0.3 is 5.32 Å². The molecule has 0 aromatic heterocycles. The maximum Gasteiger partial charge on any atom is 0.325 e. The molecule has 0 aromatic rings. The largest absolute Gasteiger partial charge is 0.325 e. The monoisotopic (exact) mass is 280 g/mol. The average Bonchev–Trinajstić information content (AvgIpc) is 2.57. The van der Waals surface area contributed by atoms with Crippen LogP contribution in [-0.4, -0.2) is 34.7 Å². The van der Waals surface area contributed by atoms with Crippen molar-refractivity contribution < 1.29 is 14.4 Å². The van der Waals surface area contributed by atoms with Gasteiger partial charge in [-0.15, -0.1) is 0 Å². The minimum Gasteiger partial charge on any atom is -0.323 e. The summed E-state index contributed by atoms with van der Waals surface area (Å²) in [6, 6.07) is -0.415. The Bertz CT molecular complexity index is 453. The molecule has 1 N–H and O–H groups in total. The van der Waals surface area contributed by atoms with Crippen molar-refractivity contribution in [2.75, 3.05) is 6.54 Å². The summed E-state index contributed by atoms with van der Waals surface area (Å²) < 4.78 is 0. The van der Waals surface area contributed by atoms with E-state index in [2.05, 4.69) is 5.32 Å². The molecule has 2 fully saturated rings. The molecule has 2 aliphatic rings. The van der Waals surface area contributed by atoms with Crippen LogP contribution in [0.2, 0.25) is 0 Å². The summed E-state index contributed by atoms with van der Waals surface area (Å²) in [5.74, 6) is -0.184. The second kappa shape index (κ2) is 4.86. The Morgan fingerprint density at radius 1 is 1.35 bits per heavy atom. The van der Waals surface area contributed by atoms with Crippen LogP contribution < -0.4 is 5.32 Å². The van der Waals surface area contributed by atoms with Gasteiger partial charge in [-0.05, 0) is 18.8 Å². The number of imide groups is 1. The van der Waals surface area contributed by atoms with E-state index in [1.54, 1.807) is 20.8 Å². The number of hydrogen-bond donors (Lipinski definition) is 1. The third kappa shape index (κ3) is 2.34. The molecule has 0 radical (unpaired) electrons. The molecule has 1 aliphatic carbocycles. The number of rotatable bonds is 2. The fourth-order valence-corrected chi connectivity index (χ4v) is 3.02. The van der Waals surface area contributed by atoms with Gasteiger partial charge in [0.2, 0.25) is 0 Å². The van der Waals surface area contributed by atoms with E-state index in [0.29, 0.717) is 6.42 Å². The molecule has 1 heterocycles. The van der Waals surface area contributed by atoms with Gasteiger partial charge in [-0.2, -0.15) is 0 Å². The molecular formula is C15H24N2O3. The highest BCUT2D eigenvalue weighted by Gasteiger charge is 2.55. The summed E-state index contributed by atoms with van der Waals surface area (Å²) >= 11 is 0. The third-order valence-corrected chi connectivity index (χ3v) is 4.64. The number of ketones is 1. The Kier molecular flexibility index (Phi) is 3.65. The number of nitrogens with zero attached hydrogens (tertiary/aromatic N) is 1. The number of carbonyl (C=O) groups excluding carboxylic acids is 3. The molecule has 1 saturated carbocycles. The molecule has 2 rings (SSSR count). The first-order valence-corrected chi connectivity index (χ1v) is 7.36. The Morgan fingerprint density at radius 2 is 2.00 bits per heavy atom. The zero-order valence-electron chi connectivity index (χ0n) is 12.8. The molecule has 5 heteroatoms. The lowest BCUT2D eigenvalue weighted by atomic mass is 9.73. The molecule has 1 aliphatic heterocycles. The van der Waals surface area contributed by atoms with Crippen molar-refractivity contribution in [1.82, 2.24) is 10.2 Å². The van der Waals surface area contributed by atoms with Crippen LogP contribution in [0.3, 0.4) is 0 Å². The van der Waals surface area contributed by atoms with Crippen molar-refractivity contribution in [2.45, 2.75) is 58.9 Å². The predicted octanol–water partition coefficient (Wildman–Crippen LogP) is 2.10. The Hall–Kier alpha value is -1.39. The van der Waals surface area contributed by atoms with Crippen LogP contribution in [-0.2, 0) is 9.59 Å². The van der Waals surface area contributed by atoms with Crippen LogP contribution >= 0.6 is 0 Å². The lowest BCUT2D eigenvalue weighted by Gasteiger charge is -2.36. The van der Waals surface area contributed by atoms with E-state index < -0.39 is 17.0 Å². The molecule has 2 atom stereocenters. The molecule has 0 unspecified atom stereocenters. The molecule has 3 amide bonds. The Morgan fingerprint density at radius 3 is 2.55 bits per heavy atom. The van der Waals surface area contributed by atoms with Gasteiger partial charge >= 0.3 is 6.03 Å². The summed E-state index contributed by atoms with van der Waals surface area (Å²) in [5, 5.41) is 2.86. The van der Waals surface area contributed by atoms with Crippen LogP contribution in [0.5, 0.6) is 0 Å². The zero-order valence-corrected chi connectivity index (χ0v) is 12.8. The molecule has 1 saturated heterocycles. The molecule has 5 nitrogen and oxygen atoms in total. The highest BCUT2D eigenvalue weighted by molar-refractivity contribution is 6.09. The van der Waals surface area contributed by atoms with Crippen molar-refractivity contribution in [1.29, 1.82) is 0 Å². The quantitative estimate of drug-likeness (QED) is 0.788. The SMILES string of the molecule is C[C@H]1CCCC[C@@]12NC(=O)N(CC(=O)C(C)(C)C)C2=O. The van der Waals surface area contributed by atoms with E-state index in [-0.39, 0.29) is 24.2 Å². The van der Waals surface area contributed by atoms with E-state index in [4.69, 9.17) is 0 Å². The number of nitrogens with one attached hydrogen (secondary N) is 1. The normalized spacial score (nSPS) is 30.8. The summed E-state index contributed by atoms with van der Waals surface area (Å²) in [4.78, 5) is 38.0. The van der Waals surface area contributed by atoms with Gasteiger partial charge in [0.25, 0.3) is 5.91 Å². The van der Waals surface area contributed by atoms with Crippen molar-refractivity contribution in [2.24, 2.45) is 11.3 Å². The summed E-state index contributed by atoms with van der Waals surface area (Å²) in [6.07, 6.45) is 3.65. The first-order chi connectivity index (χ1) is 9.18. The van der Waals surface area contributed by atoms with E-state index in [1.165, 1.54) is 0 Å². The van der Waals surface area contributed by atoms with Crippen LogP contribution in [0.4, 0.5) is 4.79 Å². The number of urea groups is 1. The maximum atomic E-state index is 12.7. The molecule has 0 bridgehead atoms. The fraction of sp³-hybridized carbons (Fsp3) is 0.800. The van der Waals surface area contributed by atoms with Gasteiger partial charge in [-0.3, -0.25) is 14.5 Å². The Balaban J connectivity index is 2.19. The van der Waals surface area contributed by atoms with Gasteiger partial charge in [0, 0.05) is 5.41 Å². The van der Waals surface area contributed by atoms with Gasteiger partial charge in [0.15, 0.2) is 5.78 Å². The first-order valence-electron chi connectivity index (χ1n) is 7.36. The van der Waals surface area contributed by atoms with Gasteiger partial charge in [-0.25, -0.2) is 4.79 Å². The van der Waals surface area contributed by atoms with Crippen molar-refractivity contribution in [3.05, 3.63) is 0 Å². The van der Waals surface area contributed by atoms with Gasteiger partial charge in [0.1, 0.15) is 5.54 Å². The molecular weight excluding hydrogens is 256 g/mol. The lowest BCUT2D eigenvalue weighted by molar-refractivity contribution is -0.138. The first kappa shape index (κ1) is 15.0. The number of hydrogen-bond acceptors (Lipinski definition) is 3. The highest BCUT2D eigenvalue weighted by Crippen LogP contribution is 2.38. The van der Waals surface area contributed by atoms with E-state index in [0.717, 1.165) is 24.2 Å². The molecule has 1 spiro atoms. The predicted molar refractivity (Wildman–Crippen MR) is 75.1 cm³/mol. The van der Waals surface area contributed by atoms with Crippen LogP contribution in [0.25, 0.3) is 0 Å². The lowest BCUT2D eigenvalue weighted by Crippen LogP contribution is -2.54. The van der Waals surface area contributed by atoms with Crippen LogP contribution in [0.1, 0.15) is 53.4 Å². The second-order valence-corrected chi connectivity index (χ2v) is 7.11. The third-order valence-electron chi connectivity index (χ3n) is 4.64. The highest BCUT2D eigenvalue weighted by atomic mass is 16.2. The fourth-order valence-electron chi connectivity index (χ4n) is 3.02. The van der Waals surface area contributed by atoms with Crippen LogP contribution in [0.15, 0.2) is 0 Å². The maximum absolute atomic E-state index is 12.7. The zero-order chi connectivity index (χ0) is 15.1. The van der Waals surface area contributed by atoms with E-state index >= 15 is 0 Å². The van der Waals surface area contributed by atoms with Gasteiger partial charge in [0.05, 0.1) is 6.54 Å². The van der Waals surface area contributed by atoms with Crippen molar-refractivity contribution in [3.63, 3.8) is 0 Å². The number of carbonyl (C=O) groups is 3. The van der Waals surface area contributed by atoms with Crippen molar-refractivity contribution >= 4 is 17.7 Å². The Labute approximate surface area is 120 Å². The number of amides is 3. The average molecular weight is 280 g/mol. The summed E-state index contributed by atoms with van der Waals surface area (Å²) in [5.41, 5.74) is -1.32. The molecule has 0 aromatic carbocycles. The van der Waals surface area contributed by atoms with E-state index in [1.807, 2.05) is 6.92 Å². The van der Waals surface area contributed by atoms with E-state index in [9.17, 15) is 14.4 Å². The van der Waals surface area contributed by atoms with Crippen molar-refractivity contribution in [3.8, 4) is 0 Å². The number of Topliss-reactive ketones (excluding diaryl/α,β-unsaturated/α-hetero) is 1. The minimum absolute atomic E-state index is 0.0958.